The molecule has 0 aliphatic heterocycles. The molecule has 1 aliphatic rings. The minimum absolute atomic E-state index is 0.195. The van der Waals surface area contributed by atoms with Crippen molar-refractivity contribution in [2.45, 2.75) is 32.3 Å². The highest BCUT2D eigenvalue weighted by atomic mass is 19.1. The first kappa shape index (κ1) is 11.2. The normalized spacial score (nSPS) is 14.8. The van der Waals surface area contributed by atoms with E-state index < -0.39 is 0 Å². The first-order valence-corrected chi connectivity index (χ1v) is 5.94. The van der Waals surface area contributed by atoms with Crippen molar-refractivity contribution >= 4 is 0 Å². The molecule has 0 unspecified atom stereocenters. The molecule has 1 saturated carbocycles. The molecule has 0 spiro atoms. The van der Waals surface area contributed by atoms with Crippen LogP contribution >= 0.6 is 0 Å². The van der Waals surface area contributed by atoms with Crippen LogP contribution < -0.4 is 4.74 Å². The highest BCUT2D eigenvalue weighted by Crippen LogP contribution is 2.38. The van der Waals surface area contributed by atoms with Crippen LogP contribution in [0.4, 0.5) is 4.39 Å². The van der Waals surface area contributed by atoms with E-state index in [9.17, 15) is 4.39 Å². The number of nitrogens with zero attached hydrogens (tertiary/aromatic N) is 2. The lowest BCUT2D eigenvalue weighted by molar-refractivity contribution is 0.282. The number of ether oxygens (including phenoxy) is 1. The van der Waals surface area contributed by atoms with Crippen LogP contribution in [0.3, 0.4) is 0 Å². The average molecular weight is 248 g/mol. The van der Waals surface area contributed by atoms with Gasteiger partial charge in [0.05, 0.1) is 0 Å². The van der Waals surface area contributed by atoms with Gasteiger partial charge in [0.1, 0.15) is 11.6 Å². The zero-order valence-corrected chi connectivity index (χ0v) is 10.0. The van der Waals surface area contributed by atoms with Gasteiger partial charge in [-0.1, -0.05) is 11.2 Å². The zero-order chi connectivity index (χ0) is 12.5. The molecule has 3 rings (SSSR count). The lowest BCUT2D eigenvalue weighted by atomic mass is 10.2. The van der Waals surface area contributed by atoms with Gasteiger partial charge in [0, 0.05) is 12.0 Å². The van der Waals surface area contributed by atoms with E-state index in [0.717, 1.165) is 18.4 Å². The van der Waals surface area contributed by atoms with E-state index in [-0.39, 0.29) is 12.4 Å². The summed E-state index contributed by atoms with van der Waals surface area (Å²) in [5.41, 5.74) is 0.877. The standard InChI is InChI=1S/C13H13FN2O2/c1-8-2-5-10(14)6-11(8)17-7-12-15-13(18-16-12)9-3-4-9/h2,5-6,9H,3-4,7H2,1H3. The van der Waals surface area contributed by atoms with Gasteiger partial charge in [-0.25, -0.2) is 4.39 Å². The Morgan fingerprint density at radius 2 is 2.28 bits per heavy atom. The summed E-state index contributed by atoms with van der Waals surface area (Å²) in [5.74, 6) is 1.81. The summed E-state index contributed by atoms with van der Waals surface area (Å²) in [7, 11) is 0. The second-order valence-electron chi connectivity index (χ2n) is 4.52. The Balaban J connectivity index is 1.67. The van der Waals surface area contributed by atoms with E-state index in [2.05, 4.69) is 10.1 Å². The summed E-state index contributed by atoms with van der Waals surface area (Å²) in [6.45, 7) is 2.06. The smallest absolute Gasteiger partial charge is 0.229 e. The fourth-order valence-electron chi connectivity index (χ4n) is 1.69. The first-order chi connectivity index (χ1) is 8.72. The van der Waals surface area contributed by atoms with Crippen molar-refractivity contribution in [3.05, 3.63) is 41.3 Å². The minimum atomic E-state index is -0.317. The molecule has 0 saturated heterocycles. The van der Waals surface area contributed by atoms with Gasteiger partial charge in [-0.2, -0.15) is 4.98 Å². The summed E-state index contributed by atoms with van der Waals surface area (Å²) in [6.07, 6.45) is 2.23. The number of aryl methyl sites for hydroxylation is 1. The molecular formula is C13H13FN2O2. The van der Waals surface area contributed by atoms with Gasteiger partial charge in [-0.05, 0) is 31.4 Å². The van der Waals surface area contributed by atoms with E-state index in [1.807, 2.05) is 6.92 Å². The van der Waals surface area contributed by atoms with Crippen molar-refractivity contribution in [3.63, 3.8) is 0 Å². The third-order valence-corrected chi connectivity index (χ3v) is 2.92. The molecule has 1 aliphatic carbocycles. The van der Waals surface area contributed by atoms with Crippen molar-refractivity contribution in [3.8, 4) is 5.75 Å². The predicted molar refractivity (Wildman–Crippen MR) is 61.7 cm³/mol. The monoisotopic (exact) mass is 248 g/mol. The third-order valence-electron chi connectivity index (χ3n) is 2.92. The Kier molecular flexibility index (Phi) is 2.74. The molecular weight excluding hydrogens is 235 g/mol. The molecule has 1 aromatic heterocycles. The maximum atomic E-state index is 13.1. The van der Waals surface area contributed by atoms with Crippen LogP contribution in [-0.4, -0.2) is 10.1 Å². The molecule has 18 heavy (non-hydrogen) atoms. The van der Waals surface area contributed by atoms with Crippen molar-refractivity contribution in [1.29, 1.82) is 0 Å². The van der Waals surface area contributed by atoms with Gasteiger partial charge in [-0.3, -0.25) is 0 Å². The number of aromatic nitrogens is 2. The second kappa shape index (κ2) is 4.40. The van der Waals surface area contributed by atoms with Crippen LogP contribution in [0.2, 0.25) is 0 Å². The van der Waals surface area contributed by atoms with Crippen LogP contribution in [0.1, 0.15) is 36.0 Å². The van der Waals surface area contributed by atoms with E-state index >= 15 is 0 Å². The van der Waals surface area contributed by atoms with Crippen molar-refractivity contribution in [2.75, 3.05) is 0 Å². The fourth-order valence-corrected chi connectivity index (χ4v) is 1.69. The first-order valence-electron chi connectivity index (χ1n) is 5.94. The number of benzene rings is 1. The van der Waals surface area contributed by atoms with Gasteiger partial charge >= 0.3 is 0 Å². The van der Waals surface area contributed by atoms with Gasteiger partial charge in [-0.15, -0.1) is 0 Å². The van der Waals surface area contributed by atoms with Crippen molar-refractivity contribution in [1.82, 2.24) is 10.1 Å². The second-order valence-corrected chi connectivity index (χ2v) is 4.52. The van der Waals surface area contributed by atoms with Crippen LogP contribution in [-0.2, 0) is 6.61 Å². The molecule has 1 aromatic carbocycles. The average Bonchev–Trinajstić information content (AvgIpc) is 3.10. The van der Waals surface area contributed by atoms with E-state index in [0.29, 0.717) is 23.4 Å². The van der Waals surface area contributed by atoms with Crippen molar-refractivity contribution in [2.24, 2.45) is 0 Å². The summed E-state index contributed by atoms with van der Waals surface area (Å²) in [4.78, 5) is 4.24. The summed E-state index contributed by atoms with van der Waals surface area (Å²) < 4.78 is 23.7. The maximum Gasteiger partial charge on any atom is 0.229 e. The molecule has 1 heterocycles. The fraction of sp³-hybridized carbons (Fsp3) is 0.385. The maximum absolute atomic E-state index is 13.1. The molecule has 5 heteroatoms. The van der Waals surface area contributed by atoms with E-state index in [4.69, 9.17) is 9.26 Å². The SMILES string of the molecule is Cc1ccc(F)cc1OCc1noc(C2CC2)n1. The zero-order valence-electron chi connectivity index (χ0n) is 10.0. The lowest BCUT2D eigenvalue weighted by Gasteiger charge is -2.06. The topological polar surface area (TPSA) is 48.2 Å². The molecule has 1 fully saturated rings. The van der Waals surface area contributed by atoms with Gasteiger partial charge in [0.15, 0.2) is 6.61 Å². The molecule has 4 nitrogen and oxygen atoms in total. The Morgan fingerprint density at radius 1 is 1.44 bits per heavy atom. The predicted octanol–water partition coefficient (Wildman–Crippen LogP) is 2.97. The minimum Gasteiger partial charge on any atom is -0.485 e. The molecule has 2 aromatic rings. The van der Waals surface area contributed by atoms with Crippen LogP contribution in [0, 0.1) is 12.7 Å². The van der Waals surface area contributed by atoms with Crippen LogP contribution in [0.5, 0.6) is 5.75 Å². The Bertz CT molecular complexity index is 564. The van der Waals surface area contributed by atoms with E-state index in [1.54, 1.807) is 6.07 Å². The quantitative estimate of drug-likeness (QED) is 0.834. The summed E-state index contributed by atoms with van der Waals surface area (Å²) >= 11 is 0. The number of hydrogen-bond donors (Lipinski definition) is 0. The van der Waals surface area contributed by atoms with E-state index in [1.165, 1.54) is 12.1 Å². The molecule has 0 atom stereocenters. The van der Waals surface area contributed by atoms with Crippen molar-refractivity contribution < 1.29 is 13.7 Å². The van der Waals surface area contributed by atoms with Gasteiger partial charge < -0.3 is 9.26 Å². The van der Waals surface area contributed by atoms with Gasteiger partial charge in [0.2, 0.25) is 11.7 Å². The Morgan fingerprint density at radius 3 is 3.06 bits per heavy atom. The number of rotatable bonds is 4. The highest BCUT2D eigenvalue weighted by Gasteiger charge is 2.29. The molecule has 0 amide bonds. The van der Waals surface area contributed by atoms with Gasteiger partial charge in [0.25, 0.3) is 0 Å². The molecule has 94 valence electrons. The lowest BCUT2D eigenvalue weighted by Crippen LogP contribution is -1.99. The summed E-state index contributed by atoms with van der Waals surface area (Å²) in [5, 5.41) is 3.84. The molecule has 0 bridgehead atoms. The molecule has 0 N–H and O–H groups in total. The third kappa shape index (κ3) is 2.34. The van der Waals surface area contributed by atoms with Crippen LogP contribution in [0.15, 0.2) is 22.7 Å². The largest absolute Gasteiger partial charge is 0.485 e. The Labute approximate surface area is 104 Å². The number of hydrogen-bond acceptors (Lipinski definition) is 4. The molecule has 0 radical (unpaired) electrons. The van der Waals surface area contributed by atoms with Crippen LogP contribution in [0.25, 0.3) is 0 Å². The summed E-state index contributed by atoms with van der Waals surface area (Å²) in [6, 6.07) is 4.44. The number of halogens is 1. The highest BCUT2D eigenvalue weighted by molar-refractivity contribution is 5.32. The Hall–Kier alpha value is -1.91.